The van der Waals surface area contributed by atoms with Crippen LogP contribution in [0.25, 0.3) is 0 Å². The third kappa shape index (κ3) is 7.47. The Morgan fingerprint density at radius 1 is 0.857 bits per heavy atom. The number of halogens is 3. The second-order valence-electron chi connectivity index (χ2n) is 9.39. The number of carbonyl (C=O) groups is 2. The van der Waals surface area contributed by atoms with Gasteiger partial charge in [0.2, 0.25) is 11.8 Å². The van der Waals surface area contributed by atoms with Crippen molar-refractivity contribution in [3.05, 3.63) is 130 Å². The SMILES string of the molecule is CNC(=O)C(Cc1ccccc1)N(Cc1ccccc1F)C(=O)CN(c1cc(Cl)cc(Cl)c1)S(=O)(=O)c1ccccc1. The number of amides is 2. The minimum atomic E-state index is -4.31. The van der Waals surface area contributed by atoms with Crippen molar-refractivity contribution < 1.29 is 22.4 Å². The number of sulfonamides is 1. The average Bonchev–Trinajstić information content (AvgIpc) is 2.98. The van der Waals surface area contributed by atoms with Crippen molar-refractivity contribution >= 4 is 50.7 Å². The minimum absolute atomic E-state index is 0.0510. The van der Waals surface area contributed by atoms with Crippen molar-refractivity contribution in [2.45, 2.75) is 23.9 Å². The summed E-state index contributed by atoms with van der Waals surface area (Å²) in [6, 6.07) is 25.6. The molecule has 0 bridgehead atoms. The van der Waals surface area contributed by atoms with Gasteiger partial charge >= 0.3 is 0 Å². The molecule has 4 rings (SSSR count). The minimum Gasteiger partial charge on any atom is -0.357 e. The smallest absolute Gasteiger partial charge is 0.264 e. The Labute approximate surface area is 254 Å². The summed E-state index contributed by atoms with van der Waals surface area (Å²) in [7, 11) is -2.88. The number of rotatable bonds is 11. The first-order valence-electron chi connectivity index (χ1n) is 12.9. The van der Waals surface area contributed by atoms with E-state index < -0.39 is 40.2 Å². The predicted molar refractivity (Wildman–Crippen MR) is 162 cm³/mol. The number of benzene rings is 4. The largest absolute Gasteiger partial charge is 0.357 e. The first-order chi connectivity index (χ1) is 20.1. The van der Waals surface area contributed by atoms with E-state index in [9.17, 15) is 22.4 Å². The van der Waals surface area contributed by atoms with Crippen LogP contribution in [-0.4, -0.2) is 44.8 Å². The molecule has 1 unspecified atom stereocenters. The zero-order valence-electron chi connectivity index (χ0n) is 22.6. The Bertz CT molecular complexity index is 1640. The molecule has 0 saturated heterocycles. The highest BCUT2D eigenvalue weighted by molar-refractivity contribution is 7.92. The summed E-state index contributed by atoms with van der Waals surface area (Å²) in [6.07, 6.45) is 0.106. The molecule has 0 fully saturated rings. The van der Waals surface area contributed by atoms with E-state index in [-0.39, 0.29) is 39.2 Å². The number of likely N-dealkylation sites (N-methyl/N-ethyl adjacent to an activating group) is 1. The van der Waals surface area contributed by atoms with Crippen molar-refractivity contribution in [3.63, 3.8) is 0 Å². The van der Waals surface area contributed by atoms with Gasteiger partial charge in [-0.15, -0.1) is 0 Å². The van der Waals surface area contributed by atoms with Crippen molar-refractivity contribution in [1.29, 1.82) is 0 Å². The number of anilines is 1. The van der Waals surface area contributed by atoms with Gasteiger partial charge in [0.15, 0.2) is 0 Å². The van der Waals surface area contributed by atoms with Gasteiger partial charge in [-0.25, -0.2) is 12.8 Å². The molecule has 0 heterocycles. The van der Waals surface area contributed by atoms with Crippen LogP contribution in [0.1, 0.15) is 11.1 Å². The molecule has 0 aliphatic heterocycles. The van der Waals surface area contributed by atoms with E-state index in [4.69, 9.17) is 23.2 Å². The summed E-state index contributed by atoms with van der Waals surface area (Å²) in [4.78, 5) is 28.6. The fourth-order valence-corrected chi connectivity index (χ4v) is 6.40. The van der Waals surface area contributed by atoms with E-state index in [1.807, 2.05) is 18.2 Å². The van der Waals surface area contributed by atoms with E-state index in [1.165, 1.54) is 60.5 Å². The molecule has 4 aromatic carbocycles. The van der Waals surface area contributed by atoms with Gasteiger partial charge in [0.1, 0.15) is 18.4 Å². The van der Waals surface area contributed by atoms with Crippen LogP contribution >= 0.6 is 23.2 Å². The molecule has 1 N–H and O–H groups in total. The van der Waals surface area contributed by atoms with E-state index in [0.717, 1.165) is 9.87 Å². The summed E-state index contributed by atoms with van der Waals surface area (Å²) in [5, 5.41) is 2.91. The lowest BCUT2D eigenvalue weighted by Gasteiger charge is -2.33. The van der Waals surface area contributed by atoms with Crippen LogP contribution in [0.3, 0.4) is 0 Å². The molecule has 4 aromatic rings. The average molecular weight is 629 g/mol. The molecule has 0 aliphatic carbocycles. The van der Waals surface area contributed by atoms with Crippen molar-refractivity contribution in [1.82, 2.24) is 10.2 Å². The monoisotopic (exact) mass is 627 g/mol. The van der Waals surface area contributed by atoms with Crippen molar-refractivity contribution in [3.8, 4) is 0 Å². The molecule has 2 amide bonds. The van der Waals surface area contributed by atoms with Crippen LogP contribution in [0.4, 0.5) is 10.1 Å². The fraction of sp³-hybridized carbons (Fsp3) is 0.161. The van der Waals surface area contributed by atoms with Crippen LogP contribution in [-0.2, 0) is 32.6 Å². The Morgan fingerprint density at radius 2 is 1.43 bits per heavy atom. The van der Waals surface area contributed by atoms with Crippen molar-refractivity contribution in [2.24, 2.45) is 0 Å². The molecule has 11 heteroatoms. The first kappa shape index (κ1) is 31.0. The van der Waals surface area contributed by atoms with Crippen LogP contribution in [0.2, 0.25) is 10.0 Å². The van der Waals surface area contributed by atoms with Crippen LogP contribution in [0.15, 0.2) is 108 Å². The number of hydrogen-bond acceptors (Lipinski definition) is 4. The molecule has 0 aromatic heterocycles. The third-order valence-electron chi connectivity index (χ3n) is 6.56. The van der Waals surface area contributed by atoms with Gasteiger partial charge in [-0.1, -0.05) is 89.9 Å². The topological polar surface area (TPSA) is 86.8 Å². The molecule has 7 nitrogen and oxygen atoms in total. The molecule has 0 spiro atoms. The van der Waals surface area contributed by atoms with Crippen LogP contribution < -0.4 is 9.62 Å². The first-order valence-corrected chi connectivity index (χ1v) is 15.1. The molecular weight excluding hydrogens is 600 g/mol. The lowest BCUT2D eigenvalue weighted by atomic mass is 10.0. The number of carbonyl (C=O) groups excluding carboxylic acids is 2. The molecular formula is C31H28Cl2FN3O4S. The Kier molecular flexibility index (Phi) is 10.2. The molecule has 42 heavy (non-hydrogen) atoms. The van der Waals surface area contributed by atoms with E-state index >= 15 is 0 Å². The van der Waals surface area contributed by atoms with Gasteiger partial charge in [0.05, 0.1) is 10.6 Å². The van der Waals surface area contributed by atoms with Crippen molar-refractivity contribution in [2.75, 3.05) is 17.9 Å². The third-order valence-corrected chi connectivity index (χ3v) is 8.79. The normalized spacial score (nSPS) is 11.9. The fourth-order valence-electron chi connectivity index (χ4n) is 4.46. The van der Waals surface area contributed by atoms with Crippen LogP contribution in [0, 0.1) is 5.82 Å². The van der Waals surface area contributed by atoms with Crippen LogP contribution in [0.5, 0.6) is 0 Å². The quantitative estimate of drug-likeness (QED) is 0.231. The summed E-state index contributed by atoms with van der Waals surface area (Å²) < 4.78 is 43.5. The Hall–Kier alpha value is -3.92. The number of hydrogen-bond donors (Lipinski definition) is 1. The number of nitrogens with zero attached hydrogens (tertiary/aromatic N) is 2. The second-order valence-corrected chi connectivity index (χ2v) is 12.1. The lowest BCUT2D eigenvalue weighted by molar-refractivity contribution is -0.139. The maximum Gasteiger partial charge on any atom is 0.264 e. The predicted octanol–water partition coefficient (Wildman–Crippen LogP) is 5.71. The van der Waals surface area contributed by atoms with E-state index in [0.29, 0.717) is 0 Å². The van der Waals surface area contributed by atoms with E-state index in [2.05, 4.69) is 5.32 Å². The van der Waals surface area contributed by atoms with Gasteiger partial charge in [-0.3, -0.25) is 13.9 Å². The summed E-state index contributed by atoms with van der Waals surface area (Å²) in [5.74, 6) is -1.80. The van der Waals surface area contributed by atoms with Gasteiger partial charge in [0.25, 0.3) is 10.0 Å². The Morgan fingerprint density at radius 3 is 2.02 bits per heavy atom. The number of nitrogens with one attached hydrogen (secondary N) is 1. The standard InChI is InChI=1S/C31H28Cl2FN3O4S/c1-35-31(39)29(16-22-10-4-2-5-11-22)36(20-23-12-8-9-15-28(23)34)30(38)21-37(26-18-24(32)17-25(33)19-26)42(40,41)27-13-6-3-7-14-27/h2-15,17-19,29H,16,20-21H2,1H3,(H,35,39). The van der Waals surface area contributed by atoms with Gasteiger partial charge in [-0.05, 0) is 42.0 Å². The highest BCUT2D eigenvalue weighted by Crippen LogP contribution is 2.30. The lowest BCUT2D eigenvalue weighted by Crippen LogP contribution is -2.53. The second kappa shape index (κ2) is 13.8. The highest BCUT2D eigenvalue weighted by Gasteiger charge is 2.34. The molecule has 0 saturated carbocycles. The molecule has 1 atom stereocenters. The maximum atomic E-state index is 14.8. The molecule has 218 valence electrons. The molecule has 0 radical (unpaired) electrons. The van der Waals surface area contributed by atoms with E-state index in [1.54, 1.807) is 36.4 Å². The zero-order valence-corrected chi connectivity index (χ0v) is 24.9. The maximum absolute atomic E-state index is 14.8. The highest BCUT2D eigenvalue weighted by atomic mass is 35.5. The van der Waals surface area contributed by atoms with Gasteiger partial charge in [0, 0.05) is 35.6 Å². The summed E-state index contributed by atoms with van der Waals surface area (Å²) in [5.41, 5.74) is 0.971. The van der Waals surface area contributed by atoms with Gasteiger partial charge < -0.3 is 10.2 Å². The molecule has 0 aliphatic rings. The zero-order chi connectivity index (χ0) is 30.3. The summed E-state index contributed by atoms with van der Waals surface area (Å²) in [6.45, 7) is -1.00. The Balaban J connectivity index is 1.81. The summed E-state index contributed by atoms with van der Waals surface area (Å²) >= 11 is 12.4. The van der Waals surface area contributed by atoms with Gasteiger partial charge in [-0.2, -0.15) is 0 Å².